The highest BCUT2D eigenvalue weighted by atomic mass is 32.1. The van der Waals surface area contributed by atoms with Crippen molar-refractivity contribution in [2.24, 2.45) is 0 Å². The van der Waals surface area contributed by atoms with Gasteiger partial charge in [0.2, 0.25) is 5.91 Å². The molecule has 1 saturated carbocycles. The van der Waals surface area contributed by atoms with Gasteiger partial charge in [0.1, 0.15) is 17.4 Å². The summed E-state index contributed by atoms with van der Waals surface area (Å²) in [7, 11) is 1.94. The van der Waals surface area contributed by atoms with Crippen molar-refractivity contribution in [1.82, 2.24) is 15.2 Å². The van der Waals surface area contributed by atoms with Crippen molar-refractivity contribution in [1.29, 1.82) is 0 Å². The summed E-state index contributed by atoms with van der Waals surface area (Å²) in [4.78, 5) is 18.4. The monoisotopic (exact) mass is 345 g/mol. The summed E-state index contributed by atoms with van der Waals surface area (Å²) >= 11 is 1.59. The van der Waals surface area contributed by atoms with E-state index in [1.54, 1.807) is 11.3 Å². The molecule has 5 nitrogen and oxygen atoms in total. The second kappa shape index (κ2) is 7.77. The Morgan fingerprint density at radius 1 is 1.38 bits per heavy atom. The lowest BCUT2D eigenvalue weighted by molar-refractivity contribution is -0.122. The molecule has 1 N–H and O–H groups in total. The van der Waals surface area contributed by atoms with E-state index in [2.05, 4.69) is 17.2 Å². The number of aryl methyl sites for hydroxylation is 1. The molecule has 1 aromatic heterocycles. The van der Waals surface area contributed by atoms with Crippen LogP contribution in [0.25, 0.3) is 0 Å². The highest BCUT2D eigenvalue weighted by Crippen LogP contribution is 2.19. The molecule has 6 heteroatoms. The molecule has 1 heterocycles. The van der Waals surface area contributed by atoms with E-state index in [4.69, 9.17) is 4.74 Å². The first-order valence-corrected chi connectivity index (χ1v) is 9.07. The number of amides is 1. The topological polar surface area (TPSA) is 54.5 Å². The largest absolute Gasteiger partial charge is 0.486 e. The van der Waals surface area contributed by atoms with E-state index >= 15 is 0 Å². The van der Waals surface area contributed by atoms with Crippen molar-refractivity contribution in [3.8, 4) is 5.75 Å². The minimum Gasteiger partial charge on any atom is -0.486 e. The number of nitrogens with one attached hydrogen (secondary N) is 1. The van der Waals surface area contributed by atoms with Crippen LogP contribution >= 0.6 is 11.3 Å². The lowest BCUT2D eigenvalue weighted by Crippen LogP contribution is -2.36. The van der Waals surface area contributed by atoms with E-state index in [0.717, 1.165) is 29.3 Å². The quantitative estimate of drug-likeness (QED) is 0.799. The fourth-order valence-electron chi connectivity index (χ4n) is 2.35. The highest BCUT2D eigenvalue weighted by molar-refractivity contribution is 7.09. The Kier molecular flexibility index (Phi) is 5.48. The average molecular weight is 345 g/mol. The third-order valence-electron chi connectivity index (χ3n) is 3.77. The molecular weight excluding hydrogens is 322 g/mol. The molecular formula is C18H23N3O2S. The number of aromatic nitrogens is 1. The van der Waals surface area contributed by atoms with Crippen molar-refractivity contribution in [3.05, 3.63) is 45.9 Å². The molecule has 128 valence electrons. The molecule has 1 aromatic carbocycles. The summed E-state index contributed by atoms with van der Waals surface area (Å²) in [6, 6.07) is 8.41. The standard InChI is InChI=1S/C18H23N3O2S/c1-13-3-7-16(8-4-13)23-11-18-20-15(12-24-18)9-21(2)10-17(22)19-14-5-6-14/h3-4,7-8,12,14H,5-6,9-11H2,1-2H3,(H,19,22). The first-order valence-electron chi connectivity index (χ1n) is 8.19. The van der Waals surface area contributed by atoms with Gasteiger partial charge in [0.25, 0.3) is 0 Å². The highest BCUT2D eigenvalue weighted by Gasteiger charge is 2.23. The van der Waals surface area contributed by atoms with E-state index in [1.807, 2.05) is 41.6 Å². The number of nitrogens with zero attached hydrogens (tertiary/aromatic N) is 2. The van der Waals surface area contributed by atoms with Gasteiger partial charge in [-0.1, -0.05) is 17.7 Å². The molecule has 0 aliphatic heterocycles. The van der Waals surface area contributed by atoms with Crippen LogP contribution in [0.15, 0.2) is 29.6 Å². The molecule has 0 bridgehead atoms. The van der Waals surface area contributed by atoms with Gasteiger partial charge in [-0.15, -0.1) is 11.3 Å². The Hall–Kier alpha value is -1.92. The molecule has 1 aliphatic carbocycles. The molecule has 24 heavy (non-hydrogen) atoms. The van der Waals surface area contributed by atoms with E-state index in [9.17, 15) is 4.79 Å². The number of hydrogen-bond donors (Lipinski definition) is 1. The molecule has 0 unspecified atom stereocenters. The fourth-order valence-corrected chi connectivity index (χ4v) is 3.04. The Labute approximate surface area is 146 Å². The number of carbonyl (C=O) groups is 1. The van der Waals surface area contributed by atoms with Gasteiger partial charge in [-0.25, -0.2) is 4.98 Å². The molecule has 0 radical (unpaired) electrons. The van der Waals surface area contributed by atoms with Crippen LogP contribution in [0.4, 0.5) is 0 Å². The first kappa shape index (κ1) is 16.9. The van der Waals surface area contributed by atoms with Gasteiger partial charge in [-0.05, 0) is 38.9 Å². The van der Waals surface area contributed by atoms with E-state index in [-0.39, 0.29) is 5.91 Å². The number of rotatable bonds is 8. The van der Waals surface area contributed by atoms with Crippen molar-refractivity contribution in [3.63, 3.8) is 0 Å². The number of ether oxygens (including phenoxy) is 1. The summed E-state index contributed by atoms with van der Waals surface area (Å²) in [5.74, 6) is 0.948. The van der Waals surface area contributed by atoms with Gasteiger partial charge < -0.3 is 10.1 Å². The number of thiazole rings is 1. The lowest BCUT2D eigenvalue weighted by atomic mass is 10.2. The lowest BCUT2D eigenvalue weighted by Gasteiger charge is -2.14. The number of likely N-dealkylation sites (N-methyl/N-ethyl adjacent to an activating group) is 1. The first-order chi connectivity index (χ1) is 11.6. The third-order valence-corrected chi connectivity index (χ3v) is 4.64. The number of benzene rings is 1. The zero-order valence-electron chi connectivity index (χ0n) is 14.1. The summed E-state index contributed by atoms with van der Waals surface area (Å²) in [6.45, 7) is 3.60. The van der Waals surface area contributed by atoms with Crippen LogP contribution in [-0.4, -0.2) is 35.4 Å². The van der Waals surface area contributed by atoms with Gasteiger partial charge in [-0.2, -0.15) is 0 Å². The Bertz CT molecular complexity index is 680. The van der Waals surface area contributed by atoms with Crippen LogP contribution in [-0.2, 0) is 17.9 Å². The van der Waals surface area contributed by atoms with Crippen LogP contribution < -0.4 is 10.1 Å². The number of hydrogen-bond acceptors (Lipinski definition) is 5. The van der Waals surface area contributed by atoms with Crippen LogP contribution in [0.5, 0.6) is 5.75 Å². The third kappa shape index (κ3) is 5.32. The summed E-state index contributed by atoms with van der Waals surface area (Å²) in [5, 5.41) is 5.98. The van der Waals surface area contributed by atoms with Gasteiger partial charge in [0.05, 0.1) is 12.2 Å². The maximum absolute atomic E-state index is 11.8. The zero-order chi connectivity index (χ0) is 16.9. The van der Waals surface area contributed by atoms with Crippen molar-refractivity contribution < 1.29 is 9.53 Å². The van der Waals surface area contributed by atoms with Crippen LogP contribution in [0, 0.1) is 6.92 Å². The maximum atomic E-state index is 11.8. The maximum Gasteiger partial charge on any atom is 0.234 e. The predicted molar refractivity (Wildman–Crippen MR) is 95.1 cm³/mol. The molecule has 0 atom stereocenters. The van der Waals surface area contributed by atoms with Crippen molar-refractivity contribution in [2.45, 2.75) is 39.0 Å². The molecule has 0 spiro atoms. The summed E-state index contributed by atoms with van der Waals surface area (Å²) in [5.41, 5.74) is 2.19. The van der Waals surface area contributed by atoms with E-state index < -0.39 is 0 Å². The molecule has 2 aromatic rings. The fraction of sp³-hybridized carbons (Fsp3) is 0.444. The summed E-state index contributed by atoms with van der Waals surface area (Å²) < 4.78 is 5.75. The summed E-state index contributed by atoms with van der Waals surface area (Å²) in [6.07, 6.45) is 2.23. The normalized spacial score (nSPS) is 14.0. The second-order valence-electron chi connectivity index (χ2n) is 6.35. The zero-order valence-corrected chi connectivity index (χ0v) is 14.9. The molecule has 0 saturated heterocycles. The van der Waals surface area contributed by atoms with E-state index in [1.165, 1.54) is 5.56 Å². The van der Waals surface area contributed by atoms with Gasteiger partial charge in [-0.3, -0.25) is 9.69 Å². The van der Waals surface area contributed by atoms with Crippen molar-refractivity contribution in [2.75, 3.05) is 13.6 Å². The van der Waals surface area contributed by atoms with Gasteiger partial charge >= 0.3 is 0 Å². The molecule has 1 amide bonds. The van der Waals surface area contributed by atoms with Gasteiger partial charge in [0, 0.05) is 18.0 Å². The minimum atomic E-state index is 0.0955. The minimum absolute atomic E-state index is 0.0955. The SMILES string of the molecule is Cc1ccc(OCc2nc(CN(C)CC(=O)NC3CC3)cs2)cc1. The molecule has 1 fully saturated rings. The second-order valence-corrected chi connectivity index (χ2v) is 7.29. The van der Waals surface area contributed by atoms with E-state index in [0.29, 0.717) is 25.7 Å². The van der Waals surface area contributed by atoms with Crippen molar-refractivity contribution >= 4 is 17.2 Å². The Morgan fingerprint density at radius 2 is 2.12 bits per heavy atom. The average Bonchev–Trinajstić information content (AvgIpc) is 3.23. The predicted octanol–water partition coefficient (Wildman–Crippen LogP) is 2.74. The van der Waals surface area contributed by atoms with Crippen LogP contribution in [0.3, 0.4) is 0 Å². The Morgan fingerprint density at radius 3 is 2.83 bits per heavy atom. The van der Waals surface area contributed by atoms with Crippen LogP contribution in [0.1, 0.15) is 29.1 Å². The Balaban J connectivity index is 1.44. The molecule has 3 rings (SSSR count). The van der Waals surface area contributed by atoms with Gasteiger partial charge in [0.15, 0.2) is 0 Å². The molecule has 1 aliphatic rings. The van der Waals surface area contributed by atoms with Crippen LogP contribution in [0.2, 0.25) is 0 Å². The number of carbonyl (C=O) groups excluding carboxylic acids is 1. The smallest absolute Gasteiger partial charge is 0.234 e.